The number of aliphatic imine (C=N–C) groups is 1. The van der Waals surface area contributed by atoms with Crippen molar-refractivity contribution in [1.82, 2.24) is 0 Å². The smallest absolute Gasteiger partial charge is 0.358 e. The van der Waals surface area contributed by atoms with Crippen LogP contribution in [0.1, 0.15) is 21.5 Å². The summed E-state index contributed by atoms with van der Waals surface area (Å²) in [5.74, 6) is -0.156. The van der Waals surface area contributed by atoms with Crippen LogP contribution in [0.3, 0.4) is 0 Å². The largest absolute Gasteiger partial charge is 1.00 e. The maximum Gasteiger partial charge on any atom is 1.00 e. The topological polar surface area (TPSA) is 29.4 Å². The zero-order chi connectivity index (χ0) is 10.0. The Hall–Kier alpha value is -0.973. The number of carbonyl (C=O) groups is 1. The summed E-state index contributed by atoms with van der Waals surface area (Å²) in [6, 6.07) is 3.65. The molecule has 0 saturated carbocycles. The minimum Gasteiger partial charge on any atom is -0.358 e. The number of hydrogen-bond acceptors (Lipinski definition) is 2. The van der Waals surface area contributed by atoms with Crippen LogP contribution < -0.4 is 18.9 Å². The van der Waals surface area contributed by atoms with Gasteiger partial charge in [-0.2, -0.15) is 6.92 Å². The van der Waals surface area contributed by atoms with Crippen molar-refractivity contribution in [1.29, 1.82) is 0 Å². The third-order valence-electron chi connectivity index (χ3n) is 2.01. The fraction of sp³-hybridized carbons (Fsp3) is 0.167. The van der Waals surface area contributed by atoms with Crippen molar-refractivity contribution in [3.05, 3.63) is 43.2 Å². The molecule has 3 heteroatoms. The first-order valence-corrected chi connectivity index (χ1v) is 4.00. The van der Waals surface area contributed by atoms with Crippen molar-refractivity contribution >= 4 is 18.2 Å². The van der Waals surface area contributed by atoms with Crippen molar-refractivity contribution in [3.63, 3.8) is 0 Å². The predicted molar refractivity (Wildman–Crippen MR) is 61.2 cm³/mol. The Labute approximate surface area is 104 Å². The molecule has 1 aromatic carbocycles. The molecule has 0 bridgehead atoms. The summed E-state index contributed by atoms with van der Waals surface area (Å²) < 4.78 is 0. The Morgan fingerprint density at radius 2 is 1.87 bits per heavy atom. The van der Waals surface area contributed by atoms with Crippen LogP contribution in [0.4, 0.5) is 5.69 Å². The third-order valence-corrected chi connectivity index (χ3v) is 2.01. The Kier molecular flexibility index (Phi) is 7.13. The maximum atomic E-state index is 11.1. The molecular formula is C12H15LiNO-. The third kappa shape index (κ3) is 3.58. The quantitative estimate of drug-likeness (QED) is 0.285. The number of ketones is 1. The Bertz CT molecular complexity index is 372. The van der Waals surface area contributed by atoms with Crippen molar-refractivity contribution in [2.75, 3.05) is 0 Å². The molecule has 0 aromatic heterocycles. The molecule has 0 saturated heterocycles. The van der Waals surface area contributed by atoms with Gasteiger partial charge < -0.3 is 12.2 Å². The summed E-state index contributed by atoms with van der Waals surface area (Å²) in [6.07, 6.45) is 0. The molecule has 0 aliphatic rings. The monoisotopic (exact) mass is 196 g/mol. The van der Waals surface area contributed by atoms with E-state index in [1.807, 2.05) is 19.9 Å². The Morgan fingerprint density at radius 1 is 1.33 bits per heavy atom. The molecule has 0 amide bonds. The van der Waals surface area contributed by atoms with Gasteiger partial charge in [-0.25, -0.2) is 0 Å². The molecular weight excluding hydrogens is 181 g/mol. The SMILES string of the molecule is C=Nc1cc(C)c(C([CH2-])=O)cc1C.[CH3-].[Li+]. The van der Waals surface area contributed by atoms with Gasteiger partial charge in [-0.3, -0.25) is 4.99 Å². The van der Waals surface area contributed by atoms with Crippen molar-refractivity contribution < 1.29 is 23.7 Å². The maximum absolute atomic E-state index is 11.1. The second-order valence-electron chi connectivity index (χ2n) is 3.03. The molecule has 0 unspecified atom stereocenters. The van der Waals surface area contributed by atoms with Crippen LogP contribution >= 0.6 is 0 Å². The summed E-state index contributed by atoms with van der Waals surface area (Å²) in [6.45, 7) is 10.6. The van der Waals surface area contributed by atoms with Crippen LogP contribution in [-0.2, 0) is 0 Å². The van der Waals surface area contributed by atoms with Crippen LogP contribution in [0, 0.1) is 28.2 Å². The molecule has 0 N–H and O–H groups in total. The minimum atomic E-state index is -0.156. The van der Waals surface area contributed by atoms with Gasteiger partial charge >= 0.3 is 18.9 Å². The Morgan fingerprint density at radius 3 is 2.27 bits per heavy atom. The fourth-order valence-corrected chi connectivity index (χ4v) is 1.27. The predicted octanol–water partition coefficient (Wildman–Crippen LogP) is 0.107. The molecule has 1 aromatic rings. The van der Waals surface area contributed by atoms with Crippen LogP contribution in [-0.4, -0.2) is 12.5 Å². The van der Waals surface area contributed by atoms with E-state index in [9.17, 15) is 4.79 Å². The normalized spacial score (nSPS) is 8.40. The van der Waals surface area contributed by atoms with Gasteiger partial charge in [0.15, 0.2) is 0 Å². The molecule has 0 heterocycles. The van der Waals surface area contributed by atoms with Crippen molar-refractivity contribution in [2.24, 2.45) is 4.99 Å². The first-order chi connectivity index (χ1) is 6.06. The molecule has 76 valence electrons. The molecule has 0 aliphatic heterocycles. The van der Waals surface area contributed by atoms with Crippen LogP contribution in [0.5, 0.6) is 0 Å². The number of carbonyl (C=O) groups excluding carboxylic acids is 1. The number of nitrogens with zero attached hydrogens (tertiary/aromatic N) is 1. The first-order valence-electron chi connectivity index (χ1n) is 4.00. The zero-order valence-corrected chi connectivity index (χ0v) is 9.92. The summed E-state index contributed by atoms with van der Waals surface area (Å²) in [4.78, 5) is 14.9. The van der Waals surface area contributed by atoms with E-state index in [2.05, 4.69) is 18.6 Å². The van der Waals surface area contributed by atoms with E-state index < -0.39 is 0 Å². The number of aryl methyl sites for hydroxylation is 2. The second-order valence-corrected chi connectivity index (χ2v) is 3.03. The Balaban J connectivity index is 0. The van der Waals surface area contributed by atoms with Gasteiger partial charge in [-0.15, -0.1) is 17.2 Å². The minimum absolute atomic E-state index is 0. The average molecular weight is 196 g/mol. The summed E-state index contributed by atoms with van der Waals surface area (Å²) in [5.41, 5.74) is 3.33. The van der Waals surface area contributed by atoms with E-state index in [0.717, 1.165) is 16.8 Å². The molecule has 0 spiro atoms. The molecule has 1 rings (SSSR count). The van der Waals surface area contributed by atoms with E-state index in [1.54, 1.807) is 6.07 Å². The van der Waals surface area contributed by atoms with Gasteiger partial charge in [-0.1, -0.05) is 13.0 Å². The number of rotatable bonds is 2. The van der Waals surface area contributed by atoms with Crippen LogP contribution in [0.25, 0.3) is 0 Å². The molecule has 0 fully saturated rings. The van der Waals surface area contributed by atoms with Crippen LogP contribution in [0.2, 0.25) is 0 Å². The molecule has 0 atom stereocenters. The molecule has 2 nitrogen and oxygen atoms in total. The van der Waals surface area contributed by atoms with Gasteiger partial charge in [0.2, 0.25) is 0 Å². The van der Waals surface area contributed by atoms with Crippen LogP contribution in [0.15, 0.2) is 17.1 Å². The van der Waals surface area contributed by atoms with Crippen molar-refractivity contribution in [2.45, 2.75) is 13.8 Å². The molecule has 0 radical (unpaired) electrons. The van der Waals surface area contributed by atoms with Gasteiger partial charge in [0.05, 0.1) is 5.69 Å². The molecule has 0 aliphatic carbocycles. The second kappa shape index (κ2) is 6.50. The number of benzene rings is 1. The van der Waals surface area contributed by atoms with E-state index in [4.69, 9.17) is 0 Å². The zero-order valence-electron chi connectivity index (χ0n) is 9.92. The van der Waals surface area contributed by atoms with Gasteiger partial charge in [0.1, 0.15) is 0 Å². The van der Waals surface area contributed by atoms with E-state index in [1.165, 1.54) is 0 Å². The summed E-state index contributed by atoms with van der Waals surface area (Å²) in [5, 5.41) is 0. The van der Waals surface area contributed by atoms with Gasteiger partial charge in [0, 0.05) is 5.78 Å². The van der Waals surface area contributed by atoms with Crippen molar-refractivity contribution in [3.8, 4) is 0 Å². The summed E-state index contributed by atoms with van der Waals surface area (Å²) >= 11 is 0. The molecule has 15 heavy (non-hydrogen) atoms. The van der Waals surface area contributed by atoms with E-state index in [0.29, 0.717) is 5.56 Å². The number of Topliss-reactive ketones (excluding diaryl/α,β-unsaturated/α-hetero) is 1. The average Bonchev–Trinajstić information content (AvgIpc) is 2.07. The van der Waals surface area contributed by atoms with Gasteiger partial charge in [0.25, 0.3) is 0 Å². The summed E-state index contributed by atoms with van der Waals surface area (Å²) in [7, 11) is 0. The van der Waals surface area contributed by atoms with Gasteiger partial charge in [-0.05, 0) is 19.2 Å². The van der Waals surface area contributed by atoms with E-state index in [-0.39, 0.29) is 32.1 Å². The number of hydrogen-bond donors (Lipinski definition) is 0. The van der Waals surface area contributed by atoms with E-state index >= 15 is 0 Å². The fourth-order valence-electron chi connectivity index (χ4n) is 1.27. The standard InChI is InChI=1S/C11H12NO.CH3.Li/c1-7-6-11(12-4)8(2)5-10(7)9(3)13;;/h5-6H,3-4H2,1-2H3;1H3;/q2*-1;+1. The first kappa shape index (κ1) is 16.5.